The Morgan fingerprint density at radius 1 is 0.884 bits per heavy atom. The molecule has 2 aliphatic rings. The number of ether oxygens (including phenoxy) is 1. The lowest BCUT2D eigenvalue weighted by atomic mass is 9.74. The van der Waals surface area contributed by atoms with Gasteiger partial charge >= 0.3 is 24.6 Å². The summed E-state index contributed by atoms with van der Waals surface area (Å²) in [6, 6.07) is 1.69. The first kappa shape index (κ1) is 32.5. The molecule has 1 fully saturated rings. The van der Waals surface area contributed by atoms with Crippen molar-refractivity contribution in [1.82, 2.24) is 4.90 Å². The van der Waals surface area contributed by atoms with Gasteiger partial charge in [0.1, 0.15) is 0 Å². The van der Waals surface area contributed by atoms with Crippen LogP contribution in [0.15, 0.2) is 36.4 Å². The van der Waals surface area contributed by atoms with Gasteiger partial charge in [-0.25, -0.2) is 4.79 Å². The highest BCUT2D eigenvalue weighted by atomic mass is 19.4. The van der Waals surface area contributed by atoms with Gasteiger partial charge in [0.25, 0.3) is 0 Å². The Kier molecular flexibility index (Phi) is 8.73. The number of carbonyl (C=O) groups excluding carboxylic acids is 2. The lowest BCUT2D eigenvalue weighted by molar-refractivity contribution is -0.143. The average Bonchev–Trinajstić information content (AvgIpc) is 2.83. The molecule has 14 heteroatoms. The minimum absolute atomic E-state index is 0.0260. The molecular weight excluding hydrogens is 595 g/mol. The summed E-state index contributed by atoms with van der Waals surface area (Å²) < 4.78 is 128. The molecule has 2 amide bonds. The van der Waals surface area contributed by atoms with Crippen LogP contribution in [0.4, 0.5) is 50.0 Å². The molecule has 2 atom stereocenters. The summed E-state index contributed by atoms with van der Waals surface area (Å²) in [7, 11) is 0. The molecule has 236 valence electrons. The number of carbonyl (C=O) groups is 2. The second-order valence-electron chi connectivity index (χ2n) is 11.1. The number of hydrogen-bond donors (Lipinski definition) is 0. The van der Waals surface area contributed by atoms with Crippen LogP contribution in [0.1, 0.15) is 80.3 Å². The van der Waals surface area contributed by atoms with Gasteiger partial charge < -0.3 is 9.64 Å². The third kappa shape index (κ3) is 7.04. The van der Waals surface area contributed by atoms with E-state index in [-0.39, 0.29) is 29.7 Å². The number of fused-ring (bicyclic) bond motifs is 1. The summed E-state index contributed by atoms with van der Waals surface area (Å²) in [5, 5.41) is 0. The quantitative estimate of drug-likeness (QED) is 0.313. The Hall–Kier alpha value is -3.45. The van der Waals surface area contributed by atoms with Gasteiger partial charge in [0.05, 0.1) is 34.5 Å². The number of amides is 2. The van der Waals surface area contributed by atoms with E-state index in [1.165, 1.54) is 4.90 Å². The monoisotopic (exact) mass is 624 g/mol. The minimum Gasteiger partial charge on any atom is -0.446 e. The smallest absolute Gasteiger partial charge is 0.416 e. The van der Waals surface area contributed by atoms with Crippen LogP contribution in [0.2, 0.25) is 0 Å². The second kappa shape index (κ2) is 11.6. The summed E-state index contributed by atoms with van der Waals surface area (Å²) in [5.74, 6) is -0.901. The van der Waals surface area contributed by atoms with Crippen LogP contribution >= 0.6 is 0 Å². The standard InChI is InChI=1S/C29H29F9N2O3/c1-15(2)43-26(42)40-23-8-7-19(27(30,31)32)12-22(23)25(13-24(40)18-5-4-6-18)39(16(3)41)14-17-9-20(28(33,34)35)11-21(10-17)29(36,37)38/h7-12,15,18,24-25H,4-6,13-14H2,1-3H3. The Morgan fingerprint density at radius 2 is 1.44 bits per heavy atom. The van der Waals surface area contributed by atoms with Gasteiger partial charge in [0.2, 0.25) is 5.91 Å². The van der Waals surface area contributed by atoms with E-state index in [1.807, 2.05) is 0 Å². The van der Waals surface area contributed by atoms with E-state index < -0.39 is 77.5 Å². The van der Waals surface area contributed by atoms with Crippen molar-refractivity contribution in [3.63, 3.8) is 0 Å². The van der Waals surface area contributed by atoms with Crippen LogP contribution in [-0.4, -0.2) is 29.0 Å². The molecule has 0 spiro atoms. The SMILES string of the molecule is CC(=O)N(Cc1cc(C(F)(F)F)cc(C(F)(F)F)c1)C1CC(C2CCC2)N(C(=O)OC(C)C)c2ccc(C(F)(F)F)cc21. The van der Waals surface area contributed by atoms with E-state index in [1.54, 1.807) is 13.8 Å². The van der Waals surface area contributed by atoms with Gasteiger partial charge in [-0.1, -0.05) is 6.42 Å². The van der Waals surface area contributed by atoms with Crippen molar-refractivity contribution < 1.29 is 53.8 Å². The molecule has 4 rings (SSSR count). The lowest BCUT2D eigenvalue weighted by Crippen LogP contribution is -2.53. The van der Waals surface area contributed by atoms with E-state index in [4.69, 9.17) is 4.74 Å². The van der Waals surface area contributed by atoms with Crippen LogP contribution in [0.25, 0.3) is 0 Å². The Morgan fingerprint density at radius 3 is 1.88 bits per heavy atom. The summed E-state index contributed by atoms with van der Waals surface area (Å²) in [5.41, 5.74) is -4.87. The predicted molar refractivity (Wildman–Crippen MR) is 137 cm³/mol. The van der Waals surface area contributed by atoms with Crippen LogP contribution in [-0.2, 0) is 34.6 Å². The molecular formula is C29H29F9N2O3. The average molecular weight is 625 g/mol. The van der Waals surface area contributed by atoms with E-state index >= 15 is 0 Å². The fourth-order valence-corrected chi connectivity index (χ4v) is 5.62. The number of alkyl halides is 9. The Labute approximate surface area is 241 Å². The number of halogens is 9. The predicted octanol–water partition coefficient (Wildman–Crippen LogP) is 8.76. The Balaban J connectivity index is 1.87. The highest BCUT2D eigenvalue weighted by Gasteiger charge is 2.46. The summed E-state index contributed by atoms with van der Waals surface area (Å²) in [6.07, 6.45) is -14.4. The fourth-order valence-electron chi connectivity index (χ4n) is 5.62. The van der Waals surface area contributed by atoms with Gasteiger partial charge in [0, 0.05) is 19.5 Å². The fraction of sp³-hybridized carbons (Fsp3) is 0.517. The first-order valence-electron chi connectivity index (χ1n) is 13.5. The number of hydrogen-bond acceptors (Lipinski definition) is 3. The number of anilines is 1. The second-order valence-corrected chi connectivity index (χ2v) is 11.1. The molecule has 1 heterocycles. The molecule has 43 heavy (non-hydrogen) atoms. The molecule has 0 bridgehead atoms. The minimum atomic E-state index is -5.14. The van der Waals surface area contributed by atoms with Crippen molar-refractivity contribution in [3.8, 4) is 0 Å². The molecule has 1 aliphatic carbocycles. The summed E-state index contributed by atoms with van der Waals surface area (Å²) in [6.45, 7) is 3.47. The molecule has 2 aromatic carbocycles. The van der Waals surface area contributed by atoms with Crippen LogP contribution in [0.3, 0.4) is 0 Å². The zero-order valence-corrected chi connectivity index (χ0v) is 23.3. The highest BCUT2D eigenvalue weighted by Crippen LogP contribution is 2.49. The molecule has 2 unspecified atom stereocenters. The van der Waals surface area contributed by atoms with Crippen molar-refractivity contribution in [2.75, 3.05) is 4.90 Å². The van der Waals surface area contributed by atoms with Gasteiger partial charge in [-0.3, -0.25) is 9.69 Å². The third-order valence-corrected chi connectivity index (χ3v) is 7.78. The highest BCUT2D eigenvalue weighted by molar-refractivity contribution is 5.91. The number of nitrogens with zero attached hydrogens (tertiary/aromatic N) is 2. The van der Waals surface area contributed by atoms with Gasteiger partial charge in [0.15, 0.2) is 0 Å². The summed E-state index contributed by atoms with van der Waals surface area (Å²) >= 11 is 0. The first-order chi connectivity index (χ1) is 19.8. The topological polar surface area (TPSA) is 49.9 Å². The molecule has 0 aromatic heterocycles. The van der Waals surface area contributed by atoms with Crippen LogP contribution < -0.4 is 4.90 Å². The van der Waals surface area contributed by atoms with E-state index in [0.29, 0.717) is 25.0 Å². The van der Waals surface area contributed by atoms with E-state index in [2.05, 4.69) is 0 Å². The van der Waals surface area contributed by atoms with Crippen LogP contribution in [0, 0.1) is 5.92 Å². The zero-order valence-electron chi connectivity index (χ0n) is 23.3. The largest absolute Gasteiger partial charge is 0.446 e. The molecule has 0 N–H and O–H groups in total. The van der Waals surface area contributed by atoms with E-state index in [9.17, 15) is 49.1 Å². The molecule has 1 saturated carbocycles. The third-order valence-electron chi connectivity index (χ3n) is 7.78. The van der Waals surface area contributed by atoms with Gasteiger partial charge in [-0.15, -0.1) is 0 Å². The Bertz CT molecular complexity index is 1330. The molecule has 5 nitrogen and oxygen atoms in total. The molecule has 1 aliphatic heterocycles. The molecule has 2 aromatic rings. The van der Waals surface area contributed by atoms with Crippen molar-refractivity contribution in [3.05, 3.63) is 64.2 Å². The van der Waals surface area contributed by atoms with E-state index in [0.717, 1.165) is 36.4 Å². The van der Waals surface area contributed by atoms with Gasteiger partial charge in [-0.05, 0) is 86.6 Å². The maximum atomic E-state index is 13.8. The maximum Gasteiger partial charge on any atom is 0.416 e. The number of benzene rings is 2. The zero-order chi connectivity index (χ0) is 32.1. The van der Waals surface area contributed by atoms with Gasteiger partial charge in [-0.2, -0.15) is 39.5 Å². The maximum absolute atomic E-state index is 13.8. The van der Waals surface area contributed by atoms with Crippen molar-refractivity contribution >= 4 is 17.7 Å². The number of rotatable bonds is 5. The lowest BCUT2D eigenvalue weighted by Gasteiger charge is -2.48. The van der Waals surface area contributed by atoms with Crippen molar-refractivity contribution in [2.45, 2.75) is 89.7 Å². The summed E-state index contributed by atoms with van der Waals surface area (Å²) in [4.78, 5) is 28.5. The van der Waals surface area contributed by atoms with Crippen molar-refractivity contribution in [2.24, 2.45) is 5.92 Å². The first-order valence-corrected chi connectivity index (χ1v) is 13.5. The molecule has 0 radical (unpaired) electrons. The molecule has 0 saturated heterocycles. The van der Waals surface area contributed by atoms with Crippen molar-refractivity contribution in [1.29, 1.82) is 0 Å². The normalized spacial score (nSPS) is 19.6. The van der Waals surface area contributed by atoms with Crippen LogP contribution in [0.5, 0.6) is 0 Å².